The van der Waals surface area contributed by atoms with Crippen molar-refractivity contribution >= 4 is 41.0 Å². The molecule has 3 N–H and O–H groups in total. The van der Waals surface area contributed by atoms with Gasteiger partial charge in [0.25, 0.3) is 0 Å². The molecule has 2 heterocycles. The van der Waals surface area contributed by atoms with E-state index in [1.807, 2.05) is 12.1 Å². The van der Waals surface area contributed by atoms with E-state index in [0.717, 1.165) is 16.3 Å². The first-order valence-electron chi connectivity index (χ1n) is 6.86. The molecule has 8 heteroatoms. The third-order valence-corrected chi connectivity index (χ3v) is 4.80. The van der Waals surface area contributed by atoms with E-state index in [-0.39, 0.29) is 24.5 Å². The number of primary amides is 1. The predicted octanol–water partition coefficient (Wildman–Crippen LogP) is 0.847. The highest BCUT2D eigenvalue weighted by atomic mass is 32.2. The van der Waals surface area contributed by atoms with E-state index in [1.54, 1.807) is 22.7 Å². The Labute approximate surface area is 131 Å². The minimum atomic E-state index is -0.520. The maximum atomic E-state index is 12.5. The summed E-state index contributed by atoms with van der Waals surface area (Å²) in [5.74, 6) is 0.0872. The lowest BCUT2D eigenvalue weighted by Gasteiger charge is -2.30. The molecule has 0 spiro atoms. The van der Waals surface area contributed by atoms with Gasteiger partial charge in [-0.25, -0.2) is 4.79 Å². The van der Waals surface area contributed by atoms with Crippen molar-refractivity contribution in [3.05, 3.63) is 18.2 Å². The van der Waals surface area contributed by atoms with Crippen LogP contribution in [-0.4, -0.2) is 47.6 Å². The highest BCUT2D eigenvalue weighted by molar-refractivity contribution is 7.99. The normalized spacial score (nSPS) is 19.7. The molecule has 116 valence electrons. The van der Waals surface area contributed by atoms with Crippen LogP contribution in [0.1, 0.15) is 6.92 Å². The Kier molecular flexibility index (Phi) is 3.69. The number of hydrogen-bond acceptors (Lipinski definition) is 4. The lowest BCUT2D eigenvalue weighted by atomic mass is 10.2. The molecule has 1 saturated heterocycles. The van der Waals surface area contributed by atoms with Crippen LogP contribution in [0.15, 0.2) is 23.1 Å². The molecular weight excluding hydrogens is 304 g/mol. The molecule has 1 aromatic rings. The smallest absolute Gasteiger partial charge is 0.325 e. The van der Waals surface area contributed by atoms with Gasteiger partial charge >= 0.3 is 6.03 Å². The standard InChI is InChI=1S/C14H16N4O3S/c1-8(19)16-9-2-3-12-11(4-9)18-10(7-22-12)5-17(14(18)21)6-13(15)20/h2-4,10H,5-7H2,1H3,(H2,15,20)(H,16,19). The van der Waals surface area contributed by atoms with E-state index < -0.39 is 5.91 Å². The van der Waals surface area contributed by atoms with Gasteiger partial charge in [0, 0.05) is 29.8 Å². The lowest BCUT2D eigenvalue weighted by Crippen LogP contribution is -2.40. The monoisotopic (exact) mass is 320 g/mol. The zero-order valence-electron chi connectivity index (χ0n) is 12.0. The molecule has 0 saturated carbocycles. The molecule has 2 aliphatic heterocycles. The predicted molar refractivity (Wildman–Crippen MR) is 83.9 cm³/mol. The molecule has 0 radical (unpaired) electrons. The van der Waals surface area contributed by atoms with Crippen molar-refractivity contribution in [2.75, 3.05) is 29.1 Å². The number of anilines is 2. The van der Waals surface area contributed by atoms with Gasteiger partial charge in [0.05, 0.1) is 11.7 Å². The van der Waals surface area contributed by atoms with E-state index in [1.165, 1.54) is 11.8 Å². The Balaban J connectivity index is 1.92. The summed E-state index contributed by atoms with van der Waals surface area (Å²) in [5, 5.41) is 2.72. The Hall–Kier alpha value is -2.22. The lowest BCUT2D eigenvalue weighted by molar-refractivity contribution is -0.118. The number of nitrogens with one attached hydrogen (secondary N) is 1. The van der Waals surface area contributed by atoms with Crippen LogP contribution < -0.4 is 16.0 Å². The number of benzene rings is 1. The molecule has 1 atom stereocenters. The van der Waals surface area contributed by atoms with Gasteiger partial charge in [0.2, 0.25) is 11.8 Å². The van der Waals surface area contributed by atoms with Crippen LogP contribution in [0.5, 0.6) is 0 Å². The maximum Gasteiger partial charge on any atom is 0.325 e. The van der Waals surface area contributed by atoms with Crippen LogP contribution >= 0.6 is 11.8 Å². The third-order valence-electron chi connectivity index (χ3n) is 3.59. The van der Waals surface area contributed by atoms with Gasteiger partial charge in [-0.3, -0.25) is 14.5 Å². The molecule has 7 nitrogen and oxygen atoms in total. The average Bonchev–Trinajstić information content (AvgIpc) is 2.74. The van der Waals surface area contributed by atoms with Crippen LogP contribution in [0.3, 0.4) is 0 Å². The Morgan fingerprint density at radius 3 is 2.91 bits per heavy atom. The van der Waals surface area contributed by atoms with Gasteiger partial charge in [-0.2, -0.15) is 0 Å². The number of urea groups is 1. The van der Waals surface area contributed by atoms with Gasteiger partial charge in [-0.1, -0.05) is 0 Å². The number of fused-ring (bicyclic) bond motifs is 3. The Morgan fingerprint density at radius 2 is 2.23 bits per heavy atom. The van der Waals surface area contributed by atoms with Crippen molar-refractivity contribution in [1.82, 2.24) is 4.90 Å². The first-order chi connectivity index (χ1) is 10.5. The van der Waals surface area contributed by atoms with Crippen molar-refractivity contribution in [3.8, 4) is 0 Å². The molecule has 1 aromatic carbocycles. The number of carbonyl (C=O) groups excluding carboxylic acids is 3. The van der Waals surface area contributed by atoms with Crippen LogP contribution in [0.4, 0.5) is 16.2 Å². The Bertz CT molecular complexity index is 663. The van der Waals surface area contributed by atoms with Crippen molar-refractivity contribution in [2.24, 2.45) is 5.73 Å². The molecule has 1 fully saturated rings. The van der Waals surface area contributed by atoms with E-state index >= 15 is 0 Å². The highest BCUT2D eigenvalue weighted by Gasteiger charge is 2.42. The van der Waals surface area contributed by atoms with Crippen molar-refractivity contribution in [1.29, 1.82) is 0 Å². The summed E-state index contributed by atoms with van der Waals surface area (Å²) >= 11 is 1.67. The van der Waals surface area contributed by atoms with Crippen molar-refractivity contribution in [3.63, 3.8) is 0 Å². The summed E-state index contributed by atoms with van der Waals surface area (Å²) in [6.07, 6.45) is 0. The molecule has 0 aromatic heterocycles. The van der Waals surface area contributed by atoms with Crippen LogP contribution in [0.2, 0.25) is 0 Å². The fraction of sp³-hybridized carbons (Fsp3) is 0.357. The van der Waals surface area contributed by atoms with Crippen LogP contribution in [0, 0.1) is 0 Å². The number of nitrogens with zero attached hydrogens (tertiary/aromatic N) is 2. The molecule has 1 unspecified atom stereocenters. The maximum absolute atomic E-state index is 12.5. The summed E-state index contributed by atoms with van der Waals surface area (Å²) in [6.45, 7) is 1.85. The summed E-state index contributed by atoms with van der Waals surface area (Å²) in [6, 6.07) is 5.30. The third kappa shape index (κ3) is 2.61. The fourth-order valence-electron chi connectivity index (χ4n) is 2.76. The van der Waals surface area contributed by atoms with Gasteiger partial charge < -0.3 is 16.0 Å². The summed E-state index contributed by atoms with van der Waals surface area (Å²) in [7, 11) is 0. The minimum Gasteiger partial charge on any atom is -0.368 e. The van der Waals surface area contributed by atoms with E-state index in [2.05, 4.69) is 5.32 Å². The van der Waals surface area contributed by atoms with Crippen LogP contribution in [0.25, 0.3) is 0 Å². The fourth-order valence-corrected chi connectivity index (χ4v) is 3.86. The first-order valence-corrected chi connectivity index (χ1v) is 7.85. The highest BCUT2D eigenvalue weighted by Crippen LogP contribution is 2.41. The minimum absolute atomic E-state index is 0.0110. The van der Waals surface area contributed by atoms with Gasteiger partial charge in [-0.05, 0) is 18.2 Å². The van der Waals surface area contributed by atoms with Gasteiger partial charge in [-0.15, -0.1) is 11.8 Å². The number of amides is 4. The SMILES string of the molecule is CC(=O)Nc1ccc2c(c1)N1C(=O)N(CC(N)=O)CC1CS2. The summed E-state index contributed by atoms with van der Waals surface area (Å²) in [4.78, 5) is 38.9. The van der Waals surface area contributed by atoms with Crippen LogP contribution in [-0.2, 0) is 9.59 Å². The zero-order valence-corrected chi connectivity index (χ0v) is 12.9. The molecule has 4 amide bonds. The van der Waals surface area contributed by atoms with E-state index in [4.69, 9.17) is 5.73 Å². The molecule has 3 rings (SSSR count). The second-order valence-corrected chi connectivity index (χ2v) is 6.39. The quantitative estimate of drug-likeness (QED) is 0.863. The molecule has 0 bridgehead atoms. The topological polar surface area (TPSA) is 95.7 Å². The zero-order chi connectivity index (χ0) is 15.9. The van der Waals surface area contributed by atoms with E-state index in [0.29, 0.717) is 12.2 Å². The second kappa shape index (κ2) is 5.53. The second-order valence-electron chi connectivity index (χ2n) is 5.33. The number of carbonyl (C=O) groups is 3. The summed E-state index contributed by atoms with van der Waals surface area (Å²) in [5.41, 5.74) is 6.61. The first kappa shape index (κ1) is 14.7. The van der Waals surface area contributed by atoms with Gasteiger partial charge in [0.1, 0.15) is 6.54 Å². The molecule has 2 aliphatic rings. The number of thioether (sulfide) groups is 1. The number of rotatable bonds is 3. The van der Waals surface area contributed by atoms with Gasteiger partial charge in [0.15, 0.2) is 0 Å². The molecule has 0 aliphatic carbocycles. The number of nitrogens with two attached hydrogens (primary N) is 1. The Morgan fingerprint density at radius 1 is 1.45 bits per heavy atom. The summed E-state index contributed by atoms with van der Waals surface area (Å²) < 4.78 is 0. The van der Waals surface area contributed by atoms with Crippen molar-refractivity contribution in [2.45, 2.75) is 17.9 Å². The molecule has 22 heavy (non-hydrogen) atoms. The van der Waals surface area contributed by atoms with E-state index in [9.17, 15) is 14.4 Å². The molecular formula is C14H16N4O3S. The van der Waals surface area contributed by atoms with Crippen molar-refractivity contribution < 1.29 is 14.4 Å². The largest absolute Gasteiger partial charge is 0.368 e. The number of hydrogen-bond donors (Lipinski definition) is 2. The average molecular weight is 320 g/mol.